The standard InChI is InChI=1S/C20H24F4N2O4S/c21-14-9-26(10-14)31(28,29)25-19(27)16-7-15(13-1-2-13)18(8-17(16)22)30-11-12-3-5-20(23,24)6-4-12/h7-8,12-14H,1-6,9-11H2,(H,25,27). The molecule has 4 rings (SSSR count). The minimum atomic E-state index is -4.25. The maximum atomic E-state index is 14.7. The third kappa shape index (κ3) is 5.14. The molecule has 1 aromatic carbocycles. The molecule has 0 bridgehead atoms. The molecule has 1 N–H and O–H groups in total. The van der Waals surface area contributed by atoms with E-state index in [1.165, 1.54) is 6.07 Å². The maximum absolute atomic E-state index is 14.7. The molecule has 3 aliphatic rings. The van der Waals surface area contributed by atoms with Gasteiger partial charge in [-0.25, -0.2) is 22.3 Å². The lowest BCUT2D eigenvalue weighted by molar-refractivity contribution is -0.0499. The Morgan fingerprint density at radius 3 is 2.39 bits per heavy atom. The molecule has 0 unspecified atom stereocenters. The van der Waals surface area contributed by atoms with E-state index in [2.05, 4.69) is 0 Å². The van der Waals surface area contributed by atoms with Crippen LogP contribution in [0.4, 0.5) is 17.6 Å². The van der Waals surface area contributed by atoms with Crippen LogP contribution >= 0.6 is 0 Å². The lowest BCUT2D eigenvalue weighted by Crippen LogP contribution is -2.56. The fraction of sp³-hybridized carbons (Fsp3) is 0.650. The van der Waals surface area contributed by atoms with Crippen LogP contribution in [0.15, 0.2) is 12.1 Å². The van der Waals surface area contributed by atoms with E-state index in [1.807, 2.05) is 0 Å². The predicted molar refractivity (Wildman–Crippen MR) is 104 cm³/mol. The first-order valence-electron chi connectivity index (χ1n) is 10.3. The van der Waals surface area contributed by atoms with Crippen molar-refractivity contribution in [2.75, 3.05) is 19.7 Å². The molecule has 0 atom stereocenters. The summed E-state index contributed by atoms with van der Waals surface area (Å²) in [5.74, 6) is -4.47. The number of alkyl halides is 3. The summed E-state index contributed by atoms with van der Waals surface area (Å²) >= 11 is 0. The number of nitrogens with one attached hydrogen (secondary N) is 1. The average molecular weight is 464 g/mol. The highest BCUT2D eigenvalue weighted by molar-refractivity contribution is 7.87. The van der Waals surface area contributed by atoms with Crippen molar-refractivity contribution in [1.29, 1.82) is 0 Å². The molecule has 1 heterocycles. The lowest BCUT2D eigenvalue weighted by atomic mass is 9.87. The van der Waals surface area contributed by atoms with Gasteiger partial charge in [-0.1, -0.05) is 0 Å². The molecule has 1 amide bonds. The summed E-state index contributed by atoms with van der Waals surface area (Å²) in [4.78, 5) is 12.4. The zero-order chi connectivity index (χ0) is 22.4. The number of carbonyl (C=O) groups excluding carboxylic acids is 1. The van der Waals surface area contributed by atoms with Crippen LogP contribution in [0.1, 0.15) is 60.4 Å². The zero-order valence-electron chi connectivity index (χ0n) is 16.8. The topological polar surface area (TPSA) is 75.7 Å². The molecule has 11 heteroatoms. The molecule has 172 valence electrons. The second-order valence-corrected chi connectivity index (χ2v) is 10.3. The van der Waals surface area contributed by atoms with Crippen LogP contribution in [0.3, 0.4) is 0 Å². The number of halogens is 4. The van der Waals surface area contributed by atoms with Gasteiger partial charge in [-0.2, -0.15) is 12.7 Å². The number of rotatable bonds is 7. The quantitative estimate of drug-likeness (QED) is 0.627. The van der Waals surface area contributed by atoms with Gasteiger partial charge in [0.2, 0.25) is 5.92 Å². The van der Waals surface area contributed by atoms with E-state index in [1.54, 1.807) is 4.72 Å². The van der Waals surface area contributed by atoms with Gasteiger partial charge in [-0.15, -0.1) is 0 Å². The van der Waals surface area contributed by atoms with E-state index in [0.717, 1.165) is 23.2 Å². The number of carbonyl (C=O) groups is 1. The van der Waals surface area contributed by atoms with Crippen LogP contribution in [0.2, 0.25) is 0 Å². The Morgan fingerprint density at radius 2 is 1.81 bits per heavy atom. The predicted octanol–water partition coefficient (Wildman–Crippen LogP) is 3.54. The molecular weight excluding hydrogens is 440 g/mol. The Balaban J connectivity index is 1.45. The molecule has 6 nitrogen and oxygen atoms in total. The summed E-state index contributed by atoms with van der Waals surface area (Å²) in [7, 11) is -4.25. The first kappa shape index (κ1) is 22.3. The van der Waals surface area contributed by atoms with Crippen molar-refractivity contribution in [2.45, 2.75) is 56.5 Å². The Morgan fingerprint density at radius 1 is 1.16 bits per heavy atom. The van der Waals surface area contributed by atoms with Crippen molar-refractivity contribution < 1.29 is 35.5 Å². The van der Waals surface area contributed by atoms with E-state index < -0.39 is 39.6 Å². The monoisotopic (exact) mass is 464 g/mol. The number of ether oxygens (including phenoxy) is 1. The van der Waals surface area contributed by atoms with Gasteiger partial charge < -0.3 is 4.74 Å². The Hall–Kier alpha value is -1.88. The number of hydrogen-bond donors (Lipinski definition) is 1. The molecule has 1 aromatic rings. The Kier molecular flexibility index (Phi) is 5.93. The minimum absolute atomic E-state index is 0.0567. The van der Waals surface area contributed by atoms with Crippen molar-refractivity contribution in [2.24, 2.45) is 5.92 Å². The molecule has 3 fully saturated rings. The van der Waals surface area contributed by atoms with Crippen molar-refractivity contribution >= 4 is 16.1 Å². The fourth-order valence-electron chi connectivity index (χ4n) is 3.88. The number of amides is 1. The van der Waals surface area contributed by atoms with Gasteiger partial charge in [-0.3, -0.25) is 4.79 Å². The molecule has 1 aliphatic heterocycles. The average Bonchev–Trinajstić information content (AvgIpc) is 3.49. The van der Waals surface area contributed by atoms with E-state index in [4.69, 9.17) is 4.74 Å². The van der Waals surface area contributed by atoms with Crippen molar-refractivity contribution in [3.05, 3.63) is 29.1 Å². The molecule has 2 aliphatic carbocycles. The SMILES string of the molecule is O=C(NS(=O)(=O)N1CC(F)C1)c1cc(C2CC2)c(OCC2CCC(F)(F)CC2)cc1F. The van der Waals surface area contributed by atoms with Crippen LogP contribution in [0.5, 0.6) is 5.75 Å². The molecule has 1 saturated heterocycles. The molecule has 0 radical (unpaired) electrons. The first-order chi connectivity index (χ1) is 14.5. The Labute approximate surface area is 178 Å². The van der Waals surface area contributed by atoms with Crippen LogP contribution in [0, 0.1) is 11.7 Å². The van der Waals surface area contributed by atoms with Crippen molar-refractivity contribution in [3.8, 4) is 5.75 Å². The molecule has 0 spiro atoms. The summed E-state index contributed by atoms with van der Waals surface area (Å²) in [5.41, 5.74) is 0.158. The maximum Gasteiger partial charge on any atom is 0.304 e. The van der Waals surface area contributed by atoms with Crippen LogP contribution in [-0.4, -0.2) is 50.4 Å². The summed E-state index contributed by atoms with van der Waals surface area (Å²) in [6, 6.07) is 2.34. The van der Waals surface area contributed by atoms with Crippen LogP contribution < -0.4 is 9.46 Å². The van der Waals surface area contributed by atoms with E-state index in [0.29, 0.717) is 18.4 Å². The summed E-state index contributed by atoms with van der Waals surface area (Å²) in [5, 5.41) is 0. The number of nitrogens with zero attached hydrogens (tertiary/aromatic N) is 1. The van der Waals surface area contributed by atoms with Gasteiger partial charge in [0.05, 0.1) is 12.2 Å². The lowest BCUT2D eigenvalue weighted by Gasteiger charge is -2.32. The van der Waals surface area contributed by atoms with Crippen LogP contribution in [0.25, 0.3) is 0 Å². The van der Waals surface area contributed by atoms with Crippen molar-refractivity contribution in [1.82, 2.24) is 9.03 Å². The number of benzene rings is 1. The second kappa shape index (κ2) is 8.23. The van der Waals surface area contributed by atoms with Gasteiger partial charge in [0, 0.05) is 32.0 Å². The minimum Gasteiger partial charge on any atom is -0.493 e. The highest BCUT2D eigenvalue weighted by Gasteiger charge is 2.38. The third-order valence-corrected chi connectivity index (χ3v) is 7.46. The van der Waals surface area contributed by atoms with Crippen LogP contribution in [-0.2, 0) is 10.2 Å². The normalized spacial score (nSPS) is 22.7. The fourth-order valence-corrected chi connectivity index (χ4v) is 5.07. The first-order valence-corrected chi connectivity index (χ1v) is 11.8. The largest absolute Gasteiger partial charge is 0.493 e. The zero-order valence-corrected chi connectivity index (χ0v) is 17.6. The van der Waals surface area contributed by atoms with Gasteiger partial charge >= 0.3 is 10.2 Å². The molecule has 0 aromatic heterocycles. The van der Waals surface area contributed by atoms with Gasteiger partial charge in [0.15, 0.2) is 0 Å². The smallest absolute Gasteiger partial charge is 0.304 e. The van der Waals surface area contributed by atoms with Crippen molar-refractivity contribution in [3.63, 3.8) is 0 Å². The molecule has 2 saturated carbocycles. The highest BCUT2D eigenvalue weighted by Crippen LogP contribution is 2.45. The van der Waals surface area contributed by atoms with E-state index >= 15 is 0 Å². The third-order valence-electron chi connectivity index (χ3n) is 6.04. The van der Waals surface area contributed by atoms with E-state index in [-0.39, 0.29) is 50.1 Å². The molecule has 31 heavy (non-hydrogen) atoms. The van der Waals surface area contributed by atoms with E-state index in [9.17, 15) is 30.8 Å². The molecular formula is C20H24F4N2O4S. The van der Waals surface area contributed by atoms with Gasteiger partial charge in [-0.05, 0) is 49.1 Å². The number of hydrogen-bond acceptors (Lipinski definition) is 4. The summed E-state index contributed by atoms with van der Waals surface area (Å²) in [6.07, 6.45) is 0.616. The highest BCUT2D eigenvalue weighted by atomic mass is 32.2. The second-order valence-electron chi connectivity index (χ2n) is 8.60. The summed E-state index contributed by atoms with van der Waals surface area (Å²) < 4.78 is 86.7. The Bertz CT molecular complexity index is 952. The van der Waals surface area contributed by atoms with Gasteiger partial charge in [0.1, 0.15) is 17.7 Å². The summed E-state index contributed by atoms with van der Waals surface area (Å²) in [6.45, 7) is -0.523. The van der Waals surface area contributed by atoms with Gasteiger partial charge in [0.25, 0.3) is 5.91 Å².